The van der Waals surface area contributed by atoms with Crippen LogP contribution in [-0.2, 0) is 5.41 Å². The maximum absolute atomic E-state index is 10.1. The van der Waals surface area contributed by atoms with Crippen molar-refractivity contribution in [2.24, 2.45) is 0 Å². The third kappa shape index (κ3) is 3.89. The van der Waals surface area contributed by atoms with Crippen LogP contribution in [0.3, 0.4) is 0 Å². The van der Waals surface area contributed by atoms with Crippen molar-refractivity contribution in [2.75, 3.05) is 16.8 Å². The summed E-state index contributed by atoms with van der Waals surface area (Å²) in [6.07, 6.45) is 9.08. The molecule has 2 fully saturated rings. The molecule has 148 valence electrons. The van der Waals surface area contributed by atoms with Crippen molar-refractivity contribution in [3.05, 3.63) is 41.6 Å². The largest absolute Gasteiger partial charge is 0.354 e. The van der Waals surface area contributed by atoms with Gasteiger partial charge in [0.15, 0.2) is 0 Å². The highest BCUT2D eigenvalue weighted by Crippen LogP contribution is 2.41. The van der Waals surface area contributed by atoms with E-state index in [0.29, 0.717) is 23.2 Å². The summed E-state index contributed by atoms with van der Waals surface area (Å²) in [6, 6.07) is 12.7. The van der Waals surface area contributed by atoms with E-state index in [2.05, 4.69) is 40.3 Å². The zero-order valence-electron chi connectivity index (χ0n) is 16.9. The summed E-state index contributed by atoms with van der Waals surface area (Å²) in [5, 5.41) is 22.5. The summed E-state index contributed by atoms with van der Waals surface area (Å²) in [5.74, 6) is 2.19. The van der Waals surface area contributed by atoms with Crippen LogP contribution in [0, 0.1) is 22.7 Å². The molecule has 1 saturated heterocycles. The van der Waals surface area contributed by atoms with Gasteiger partial charge >= 0.3 is 0 Å². The highest BCUT2D eigenvalue weighted by atomic mass is 15.2. The molecule has 0 radical (unpaired) electrons. The fourth-order valence-electron chi connectivity index (χ4n) is 4.60. The average Bonchev–Trinajstić information content (AvgIpc) is 3.20. The lowest BCUT2D eigenvalue weighted by atomic mass is 9.70. The summed E-state index contributed by atoms with van der Waals surface area (Å²) < 4.78 is 0. The molecule has 4 rings (SSSR count). The average molecular weight is 387 g/mol. The third-order valence-electron chi connectivity index (χ3n) is 6.28. The van der Waals surface area contributed by atoms with Crippen molar-refractivity contribution < 1.29 is 0 Å². The van der Waals surface area contributed by atoms with Crippen LogP contribution in [0.25, 0.3) is 0 Å². The molecule has 1 saturated carbocycles. The van der Waals surface area contributed by atoms with E-state index in [0.717, 1.165) is 56.5 Å². The Morgan fingerprint density at radius 1 is 1.10 bits per heavy atom. The maximum atomic E-state index is 10.1. The van der Waals surface area contributed by atoms with Gasteiger partial charge in [0.05, 0.1) is 23.1 Å². The molecule has 3 heterocycles. The second-order valence-corrected chi connectivity index (χ2v) is 8.21. The minimum Gasteiger partial charge on any atom is -0.354 e. The van der Waals surface area contributed by atoms with Crippen LogP contribution >= 0.6 is 0 Å². The molecule has 0 aromatic carbocycles. The van der Waals surface area contributed by atoms with Gasteiger partial charge in [0.2, 0.25) is 0 Å². The molecule has 1 atom stereocenters. The Morgan fingerprint density at radius 3 is 2.62 bits per heavy atom. The Kier molecular flexibility index (Phi) is 5.36. The number of hydrogen-bond donors (Lipinski definition) is 1. The van der Waals surface area contributed by atoms with Crippen LogP contribution in [0.15, 0.2) is 30.5 Å². The van der Waals surface area contributed by atoms with Crippen LogP contribution in [0.1, 0.15) is 63.0 Å². The number of nitriles is 2. The quantitative estimate of drug-likeness (QED) is 0.811. The number of nitrogens with zero attached hydrogens (tertiary/aromatic N) is 5. The fourth-order valence-corrected chi connectivity index (χ4v) is 4.60. The first kappa shape index (κ1) is 19.2. The summed E-state index contributed by atoms with van der Waals surface area (Å²) in [4.78, 5) is 11.5. The number of aromatic nitrogens is 2. The number of nitrogens with one attached hydrogen (secondary N) is 1. The molecule has 0 unspecified atom stereocenters. The van der Waals surface area contributed by atoms with Crippen LogP contribution in [0.4, 0.5) is 17.5 Å². The molecular weight excluding hydrogens is 360 g/mol. The molecule has 6 heteroatoms. The lowest BCUT2D eigenvalue weighted by molar-refractivity contribution is 0.366. The van der Waals surface area contributed by atoms with E-state index in [9.17, 15) is 5.26 Å². The molecule has 0 amide bonds. The minimum atomic E-state index is -0.447. The van der Waals surface area contributed by atoms with Crippen molar-refractivity contribution in [2.45, 2.75) is 63.3 Å². The Bertz CT molecular complexity index is 964. The van der Waals surface area contributed by atoms with Gasteiger partial charge in [-0.3, -0.25) is 0 Å². The van der Waals surface area contributed by atoms with Gasteiger partial charge in [-0.1, -0.05) is 19.3 Å². The smallest absolute Gasteiger partial charge is 0.134 e. The molecule has 0 bridgehead atoms. The number of hydrogen-bond acceptors (Lipinski definition) is 6. The van der Waals surface area contributed by atoms with Gasteiger partial charge in [0, 0.05) is 18.8 Å². The Labute approximate surface area is 172 Å². The molecule has 0 spiro atoms. The lowest BCUT2D eigenvalue weighted by Crippen LogP contribution is -2.30. The predicted molar refractivity (Wildman–Crippen MR) is 113 cm³/mol. The Hall–Kier alpha value is -3.12. The van der Waals surface area contributed by atoms with Gasteiger partial charge in [-0.2, -0.15) is 10.5 Å². The van der Waals surface area contributed by atoms with Gasteiger partial charge in [-0.15, -0.1) is 0 Å². The zero-order valence-corrected chi connectivity index (χ0v) is 16.9. The van der Waals surface area contributed by atoms with E-state index in [1.165, 1.54) is 6.42 Å². The van der Waals surface area contributed by atoms with E-state index in [1.54, 1.807) is 18.3 Å². The molecule has 2 aromatic rings. The topological polar surface area (TPSA) is 88.6 Å². The first-order chi connectivity index (χ1) is 14.1. The standard InChI is InChI=1S/C23H26N6/c1-17-6-5-11-29(17)22-14-19(23(16-25)8-3-2-4-9-23)13-21(28-22)27-20-12-18(15-24)7-10-26-20/h7,10,12-14,17H,2-6,8-9,11H2,1H3,(H,26,27,28)/t17-/m1/s1. The van der Waals surface area contributed by atoms with Crippen molar-refractivity contribution in [1.82, 2.24) is 9.97 Å². The van der Waals surface area contributed by atoms with Crippen molar-refractivity contribution in [1.29, 1.82) is 10.5 Å². The summed E-state index contributed by atoms with van der Waals surface area (Å²) in [5.41, 5.74) is 1.15. The molecule has 6 nitrogen and oxygen atoms in total. The second kappa shape index (κ2) is 8.09. The fraction of sp³-hybridized carbons (Fsp3) is 0.478. The van der Waals surface area contributed by atoms with Gasteiger partial charge in [-0.05, 0) is 62.4 Å². The van der Waals surface area contributed by atoms with Crippen molar-refractivity contribution in [3.63, 3.8) is 0 Å². The molecule has 1 N–H and O–H groups in total. The van der Waals surface area contributed by atoms with Crippen LogP contribution in [0.5, 0.6) is 0 Å². The Balaban J connectivity index is 1.75. The van der Waals surface area contributed by atoms with Gasteiger partial charge in [0.1, 0.15) is 17.5 Å². The van der Waals surface area contributed by atoms with Crippen molar-refractivity contribution in [3.8, 4) is 12.1 Å². The Morgan fingerprint density at radius 2 is 1.93 bits per heavy atom. The van der Waals surface area contributed by atoms with Crippen LogP contribution < -0.4 is 10.2 Å². The molecule has 1 aliphatic heterocycles. The van der Waals surface area contributed by atoms with E-state index in [1.807, 2.05) is 6.07 Å². The summed E-state index contributed by atoms with van der Waals surface area (Å²) in [7, 11) is 0. The number of anilines is 3. The summed E-state index contributed by atoms with van der Waals surface area (Å²) in [6.45, 7) is 3.21. The molecular formula is C23H26N6. The van der Waals surface area contributed by atoms with E-state index in [-0.39, 0.29) is 0 Å². The van der Waals surface area contributed by atoms with E-state index >= 15 is 0 Å². The first-order valence-corrected chi connectivity index (χ1v) is 10.5. The number of rotatable bonds is 4. The van der Waals surface area contributed by atoms with E-state index in [4.69, 9.17) is 10.2 Å². The van der Waals surface area contributed by atoms with Gasteiger partial charge < -0.3 is 10.2 Å². The van der Waals surface area contributed by atoms with Crippen LogP contribution in [0.2, 0.25) is 0 Å². The zero-order chi connectivity index (χ0) is 20.3. The van der Waals surface area contributed by atoms with E-state index < -0.39 is 5.41 Å². The SMILES string of the molecule is C[C@@H]1CCCN1c1cc(C2(C#N)CCCCC2)cc(Nc2cc(C#N)ccn2)n1. The minimum absolute atomic E-state index is 0.440. The summed E-state index contributed by atoms with van der Waals surface area (Å²) >= 11 is 0. The first-order valence-electron chi connectivity index (χ1n) is 10.5. The molecule has 1 aliphatic carbocycles. The lowest BCUT2D eigenvalue weighted by Gasteiger charge is -2.33. The highest BCUT2D eigenvalue weighted by Gasteiger charge is 2.35. The van der Waals surface area contributed by atoms with Gasteiger partial charge in [0.25, 0.3) is 0 Å². The molecule has 2 aromatic heterocycles. The maximum Gasteiger partial charge on any atom is 0.134 e. The molecule has 2 aliphatic rings. The van der Waals surface area contributed by atoms with Gasteiger partial charge in [-0.25, -0.2) is 9.97 Å². The van der Waals surface area contributed by atoms with Crippen LogP contribution in [-0.4, -0.2) is 22.6 Å². The molecule has 29 heavy (non-hydrogen) atoms. The van der Waals surface area contributed by atoms with Crippen molar-refractivity contribution >= 4 is 17.5 Å². The predicted octanol–water partition coefficient (Wildman–Crippen LogP) is 4.81. The highest BCUT2D eigenvalue weighted by molar-refractivity contribution is 5.60. The third-order valence-corrected chi connectivity index (χ3v) is 6.28. The normalized spacial score (nSPS) is 20.7. The number of pyridine rings is 2. The monoisotopic (exact) mass is 386 g/mol. The second-order valence-electron chi connectivity index (χ2n) is 8.21.